The summed E-state index contributed by atoms with van der Waals surface area (Å²) in [6.07, 6.45) is 8.38. The number of methoxy groups -OCH3 is 1. The highest BCUT2D eigenvalue weighted by atomic mass is 16.6. The van der Waals surface area contributed by atoms with Gasteiger partial charge in [-0.05, 0) is 69.6 Å². The van der Waals surface area contributed by atoms with Crippen LogP contribution in [0.1, 0.15) is 52.4 Å². The zero-order valence-corrected chi connectivity index (χ0v) is 13.6. The average molecular weight is 292 g/mol. The van der Waals surface area contributed by atoms with Gasteiger partial charge < -0.3 is 9.47 Å². The Morgan fingerprint density at radius 3 is 2.14 bits per heavy atom. The van der Waals surface area contributed by atoms with Crippen LogP contribution < -0.4 is 0 Å². The Morgan fingerprint density at radius 2 is 1.71 bits per heavy atom. The van der Waals surface area contributed by atoms with E-state index in [1.165, 1.54) is 38.2 Å². The first-order chi connectivity index (χ1) is 9.88. The predicted octanol–water partition coefficient (Wildman–Crippen LogP) is 3.73. The maximum atomic E-state index is 12.0. The topological polar surface area (TPSA) is 35.5 Å². The van der Waals surface area contributed by atoms with Crippen LogP contribution in [-0.4, -0.2) is 24.3 Å². The van der Waals surface area contributed by atoms with Crippen LogP contribution in [0.4, 0.5) is 0 Å². The molecule has 21 heavy (non-hydrogen) atoms. The van der Waals surface area contributed by atoms with E-state index >= 15 is 0 Å². The Morgan fingerprint density at radius 1 is 1.19 bits per heavy atom. The maximum Gasteiger partial charge on any atom is 0.330 e. The molecule has 0 radical (unpaired) electrons. The number of hydrogen-bond acceptors (Lipinski definition) is 3. The minimum absolute atomic E-state index is 0.267. The van der Waals surface area contributed by atoms with E-state index in [1.807, 2.05) is 0 Å². The summed E-state index contributed by atoms with van der Waals surface area (Å²) in [5.74, 6) is 2.45. The van der Waals surface area contributed by atoms with Gasteiger partial charge in [0.2, 0.25) is 0 Å². The Labute approximate surface area is 128 Å². The van der Waals surface area contributed by atoms with Crippen molar-refractivity contribution < 1.29 is 14.3 Å². The van der Waals surface area contributed by atoms with Crippen molar-refractivity contribution in [1.29, 1.82) is 0 Å². The second-order valence-electron chi connectivity index (χ2n) is 8.03. The standard InChI is InChI=1S/C18H28O3/c1-5-16(19)21-18(11-17(2,3)20-4)14-7-12-6-13(9-14)10-15(18)8-12/h5,12-15H,1,6-11H2,2-4H3. The minimum atomic E-state index is -0.335. The van der Waals surface area contributed by atoms with Crippen molar-refractivity contribution in [2.75, 3.05) is 7.11 Å². The van der Waals surface area contributed by atoms with Gasteiger partial charge in [-0.15, -0.1) is 0 Å². The average Bonchev–Trinajstić information content (AvgIpc) is 2.43. The van der Waals surface area contributed by atoms with Crippen molar-refractivity contribution >= 4 is 5.97 Å². The van der Waals surface area contributed by atoms with Gasteiger partial charge >= 0.3 is 5.97 Å². The van der Waals surface area contributed by atoms with E-state index in [1.54, 1.807) is 7.11 Å². The summed E-state index contributed by atoms with van der Waals surface area (Å²) in [7, 11) is 1.75. The highest BCUT2D eigenvalue weighted by Gasteiger charge is 2.60. The molecule has 4 rings (SSSR count). The Bertz CT molecular complexity index is 410. The number of carbonyl (C=O) groups excluding carboxylic acids is 1. The van der Waals surface area contributed by atoms with Gasteiger partial charge in [0.15, 0.2) is 0 Å². The zero-order chi connectivity index (χ0) is 15.3. The molecule has 4 bridgehead atoms. The van der Waals surface area contributed by atoms with E-state index in [0.29, 0.717) is 11.8 Å². The zero-order valence-electron chi connectivity index (χ0n) is 13.6. The molecule has 0 aliphatic heterocycles. The summed E-state index contributed by atoms with van der Waals surface area (Å²) in [5, 5.41) is 0. The number of hydrogen-bond donors (Lipinski definition) is 0. The smallest absolute Gasteiger partial charge is 0.330 e. The predicted molar refractivity (Wildman–Crippen MR) is 81.8 cm³/mol. The van der Waals surface area contributed by atoms with Crippen molar-refractivity contribution in [2.45, 2.75) is 63.6 Å². The van der Waals surface area contributed by atoms with Gasteiger partial charge in [-0.3, -0.25) is 0 Å². The van der Waals surface area contributed by atoms with Crippen LogP contribution in [0.15, 0.2) is 12.7 Å². The first-order valence-electron chi connectivity index (χ1n) is 8.29. The third-order valence-electron chi connectivity index (χ3n) is 6.23. The molecule has 0 aromatic heterocycles. The lowest BCUT2D eigenvalue weighted by Gasteiger charge is -2.61. The molecule has 4 saturated carbocycles. The van der Waals surface area contributed by atoms with Gasteiger partial charge in [-0.2, -0.15) is 0 Å². The van der Waals surface area contributed by atoms with Crippen molar-refractivity contribution in [3.05, 3.63) is 12.7 Å². The van der Waals surface area contributed by atoms with Crippen LogP contribution in [0.5, 0.6) is 0 Å². The number of esters is 1. The fourth-order valence-corrected chi connectivity index (χ4v) is 5.44. The van der Waals surface area contributed by atoms with Crippen molar-refractivity contribution in [3.63, 3.8) is 0 Å². The van der Waals surface area contributed by atoms with Crippen LogP contribution in [-0.2, 0) is 14.3 Å². The summed E-state index contributed by atoms with van der Waals surface area (Å²) in [4.78, 5) is 12.0. The fraction of sp³-hybridized carbons (Fsp3) is 0.833. The molecule has 4 fully saturated rings. The second-order valence-corrected chi connectivity index (χ2v) is 8.03. The summed E-state index contributed by atoms with van der Waals surface area (Å²) >= 11 is 0. The Hall–Kier alpha value is -0.830. The molecule has 0 saturated heterocycles. The summed E-state index contributed by atoms with van der Waals surface area (Å²) in [6.45, 7) is 7.78. The third-order valence-corrected chi connectivity index (χ3v) is 6.23. The van der Waals surface area contributed by atoms with E-state index in [9.17, 15) is 4.79 Å². The molecule has 0 aromatic rings. The van der Waals surface area contributed by atoms with Crippen LogP contribution in [0.2, 0.25) is 0 Å². The van der Waals surface area contributed by atoms with E-state index in [-0.39, 0.29) is 17.2 Å². The normalized spacial score (nSPS) is 41.1. The molecule has 4 aliphatic rings. The Kier molecular flexibility index (Phi) is 3.67. The molecule has 0 unspecified atom stereocenters. The van der Waals surface area contributed by atoms with E-state index < -0.39 is 0 Å². The van der Waals surface area contributed by atoms with Crippen molar-refractivity contribution in [2.24, 2.45) is 23.7 Å². The van der Waals surface area contributed by atoms with Gasteiger partial charge in [0.1, 0.15) is 5.60 Å². The molecule has 0 heterocycles. The molecular formula is C18H28O3. The summed E-state index contributed by atoms with van der Waals surface area (Å²) in [5.41, 5.74) is -0.602. The second kappa shape index (κ2) is 5.12. The summed E-state index contributed by atoms with van der Waals surface area (Å²) < 4.78 is 11.7. The van der Waals surface area contributed by atoms with Gasteiger partial charge in [0, 0.05) is 19.6 Å². The Balaban J connectivity index is 1.92. The molecule has 4 aliphatic carbocycles. The number of carbonyl (C=O) groups is 1. The van der Waals surface area contributed by atoms with E-state index in [0.717, 1.165) is 18.3 Å². The van der Waals surface area contributed by atoms with Crippen LogP contribution in [0.25, 0.3) is 0 Å². The molecule has 0 aromatic carbocycles. The SMILES string of the molecule is C=CC(=O)OC1(CC(C)(C)OC)C2CC3CC(C2)CC1C3. The molecule has 0 N–H and O–H groups in total. The van der Waals surface area contributed by atoms with E-state index in [2.05, 4.69) is 20.4 Å². The van der Waals surface area contributed by atoms with Crippen LogP contribution in [0, 0.1) is 23.7 Å². The lowest BCUT2D eigenvalue weighted by Crippen LogP contribution is -2.61. The number of rotatable bonds is 5. The maximum absolute atomic E-state index is 12.0. The molecule has 3 heteroatoms. The molecule has 0 spiro atoms. The highest BCUT2D eigenvalue weighted by Crippen LogP contribution is 2.61. The van der Waals surface area contributed by atoms with Crippen molar-refractivity contribution in [1.82, 2.24) is 0 Å². The molecular weight excluding hydrogens is 264 g/mol. The van der Waals surface area contributed by atoms with E-state index in [4.69, 9.17) is 9.47 Å². The quantitative estimate of drug-likeness (QED) is 0.572. The van der Waals surface area contributed by atoms with Gasteiger partial charge in [-0.25, -0.2) is 4.79 Å². The monoisotopic (exact) mass is 292 g/mol. The van der Waals surface area contributed by atoms with Crippen LogP contribution in [0.3, 0.4) is 0 Å². The molecule has 118 valence electrons. The van der Waals surface area contributed by atoms with Gasteiger partial charge in [0.25, 0.3) is 0 Å². The molecule has 0 amide bonds. The van der Waals surface area contributed by atoms with Crippen molar-refractivity contribution in [3.8, 4) is 0 Å². The van der Waals surface area contributed by atoms with Crippen LogP contribution >= 0.6 is 0 Å². The third kappa shape index (κ3) is 2.54. The highest BCUT2D eigenvalue weighted by molar-refractivity contribution is 5.81. The number of ether oxygens (including phenoxy) is 2. The van der Waals surface area contributed by atoms with Gasteiger partial charge in [0.05, 0.1) is 5.60 Å². The van der Waals surface area contributed by atoms with Gasteiger partial charge in [-0.1, -0.05) is 6.58 Å². The minimum Gasteiger partial charge on any atom is -0.455 e. The molecule has 0 atom stereocenters. The first-order valence-corrected chi connectivity index (χ1v) is 8.29. The molecule has 3 nitrogen and oxygen atoms in total. The largest absolute Gasteiger partial charge is 0.455 e. The first kappa shape index (κ1) is 15.1. The lowest BCUT2D eigenvalue weighted by atomic mass is 9.48. The summed E-state index contributed by atoms with van der Waals surface area (Å²) in [6, 6.07) is 0. The lowest BCUT2D eigenvalue weighted by molar-refractivity contribution is -0.222. The fourth-order valence-electron chi connectivity index (χ4n) is 5.44.